The highest BCUT2D eigenvalue weighted by Gasteiger charge is 2.08. The molecule has 0 amide bonds. The Hall–Kier alpha value is -2.68. The van der Waals surface area contributed by atoms with Gasteiger partial charge in [-0.25, -0.2) is 4.98 Å². The molecule has 2 aromatic heterocycles. The van der Waals surface area contributed by atoms with Crippen LogP contribution < -0.4 is 0 Å². The van der Waals surface area contributed by atoms with Gasteiger partial charge in [0.05, 0.1) is 18.1 Å². The third kappa shape index (κ3) is 3.66. The highest BCUT2D eigenvalue weighted by molar-refractivity contribution is 5.73. The summed E-state index contributed by atoms with van der Waals surface area (Å²) in [5, 5.41) is 0. The topological polar surface area (TPSA) is 30.7 Å². The molecule has 106 valence electrons. The molecule has 2 aromatic rings. The Kier molecular flexibility index (Phi) is 5.04. The third-order valence-corrected chi connectivity index (χ3v) is 3.25. The third-order valence-electron chi connectivity index (χ3n) is 3.25. The second kappa shape index (κ2) is 7.20. The lowest BCUT2D eigenvalue weighted by Crippen LogP contribution is -2.05. The molecule has 2 heterocycles. The summed E-state index contributed by atoms with van der Waals surface area (Å²) in [4.78, 5) is 8.62. The SMILES string of the molecule is C=C/C=C\C(=C/C=C)c1ccc(C(C)n2ccnc2)cn1. The summed E-state index contributed by atoms with van der Waals surface area (Å²) in [5.41, 5.74) is 3.06. The van der Waals surface area contributed by atoms with Crippen LogP contribution in [0.5, 0.6) is 0 Å². The quantitative estimate of drug-likeness (QED) is 0.741. The zero-order valence-corrected chi connectivity index (χ0v) is 12.2. The fourth-order valence-corrected chi connectivity index (χ4v) is 2.02. The number of aromatic nitrogens is 3. The maximum Gasteiger partial charge on any atom is 0.0951 e. The number of rotatable bonds is 6. The van der Waals surface area contributed by atoms with E-state index in [4.69, 9.17) is 0 Å². The first kappa shape index (κ1) is 14.7. The number of imidazole rings is 1. The Balaban J connectivity index is 2.25. The second-order valence-corrected chi connectivity index (χ2v) is 4.62. The van der Waals surface area contributed by atoms with E-state index in [-0.39, 0.29) is 6.04 Å². The van der Waals surface area contributed by atoms with Gasteiger partial charge < -0.3 is 4.57 Å². The van der Waals surface area contributed by atoms with Crippen molar-refractivity contribution in [3.8, 4) is 0 Å². The van der Waals surface area contributed by atoms with E-state index in [1.807, 2.05) is 43.0 Å². The van der Waals surface area contributed by atoms with Gasteiger partial charge in [-0.1, -0.05) is 49.6 Å². The standard InChI is InChI=1S/C18H19N3/c1-4-6-8-16(7-5-2)18-10-9-17(13-20-18)15(3)21-12-11-19-14-21/h4-15H,1-2H2,3H3/b8-6-,16-7+. The molecule has 1 unspecified atom stereocenters. The summed E-state index contributed by atoms with van der Waals surface area (Å²) >= 11 is 0. The molecule has 0 bridgehead atoms. The molecule has 3 heteroatoms. The molecule has 0 saturated heterocycles. The smallest absolute Gasteiger partial charge is 0.0951 e. The minimum atomic E-state index is 0.213. The fourth-order valence-electron chi connectivity index (χ4n) is 2.02. The van der Waals surface area contributed by atoms with E-state index in [1.165, 1.54) is 0 Å². The molecule has 2 rings (SSSR count). The van der Waals surface area contributed by atoms with Crippen LogP contribution in [0.2, 0.25) is 0 Å². The van der Waals surface area contributed by atoms with Crippen molar-refractivity contribution in [2.45, 2.75) is 13.0 Å². The van der Waals surface area contributed by atoms with Crippen molar-refractivity contribution >= 4 is 5.57 Å². The predicted molar refractivity (Wildman–Crippen MR) is 87.8 cm³/mol. The Labute approximate surface area is 125 Å². The first-order valence-electron chi connectivity index (χ1n) is 6.82. The van der Waals surface area contributed by atoms with E-state index in [9.17, 15) is 0 Å². The molecule has 0 fully saturated rings. The van der Waals surface area contributed by atoms with Crippen molar-refractivity contribution < 1.29 is 0 Å². The Morgan fingerprint density at radius 3 is 2.71 bits per heavy atom. The van der Waals surface area contributed by atoms with Crippen molar-refractivity contribution in [1.29, 1.82) is 0 Å². The summed E-state index contributed by atoms with van der Waals surface area (Å²) in [6, 6.07) is 4.32. The van der Waals surface area contributed by atoms with Crippen LogP contribution in [0, 0.1) is 0 Å². The molecule has 0 saturated carbocycles. The maximum absolute atomic E-state index is 4.55. The Morgan fingerprint density at radius 2 is 2.14 bits per heavy atom. The van der Waals surface area contributed by atoms with Crippen molar-refractivity contribution in [3.05, 3.63) is 91.8 Å². The van der Waals surface area contributed by atoms with Gasteiger partial charge in [0, 0.05) is 24.2 Å². The lowest BCUT2D eigenvalue weighted by Gasteiger charge is -2.13. The molecule has 1 atom stereocenters. The van der Waals surface area contributed by atoms with E-state index in [0.717, 1.165) is 16.8 Å². The van der Waals surface area contributed by atoms with Crippen LogP contribution in [0.1, 0.15) is 24.2 Å². The average molecular weight is 277 g/mol. The minimum absolute atomic E-state index is 0.213. The second-order valence-electron chi connectivity index (χ2n) is 4.62. The highest BCUT2D eigenvalue weighted by Crippen LogP contribution is 2.19. The van der Waals surface area contributed by atoms with Gasteiger partial charge in [-0.15, -0.1) is 0 Å². The normalized spacial score (nSPS) is 13.3. The predicted octanol–water partition coefficient (Wildman–Crippen LogP) is 4.20. The Bertz CT molecular complexity index is 646. The molecule has 21 heavy (non-hydrogen) atoms. The van der Waals surface area contributed by atoms with Gasteiger partial charge in [0.1, 0.15) is 0 Å². The van der Waals surface area contributed by atoms with Crippen LogP contribution in [0.3, 0.4) is 0 Å². The lowest BCUT2D eigenvalue weighted by molar-refractivity contribution is 0.636. The summed E-state index contributed by atoms with van der Waals surface area (Å²) in [5.74, 6) is 0. The number of hydrogen-bond acceptors (Lipinski definition) is 2. The molecule has 0 spiro atoms. The van der Waals surface area contributed by atoms with Crippen LogP contribution in [-0.2, 0) is 0 Å². The fraction of sp³-hybridized carbons (Fsp3) is 0.111. The molecular weight excluding hydrogens is 258 g/mol. The van der Waals surface area contributed by atoms with Gasteiger partial charge in [-0.3, -0.25) is 4.98 Å². The zero-order chi connectivity index (χ0) is 15.1. The number of hydrogen-bond donors (Lipinski definition) is 0. The monoisotopic (exact) mass is 277 g/mol. The van der Waals surface area contributed by atoms with Crippen LogP contribution >= 0.6 is 0 Å². The first-order valence-corrected chi connectivity index (χ1v) is 6.82. The average Bonchev–Trinajstić information content (AvgIpc) is 3.05. The molecule has 0 N–H and O–H groups in total. The van der Waals surface area contributed by atoms with Crippen LogP contribution in [0.15, 0.2) is 80.6 Å². The van der Waals surface area contributed by atoms with Crippen molar-refractivity contribution in [2.24, 2.45) is 0 Å². The molecule has 0 radical (unpaired) electrons. The van der Waals surface area contributed by atoms with Crippen molar-refractivity contribution in [3.63, 3.8) is 0 Å². The Morgan fingerprint density at radius 1 is 1.29 bits per heavy atom. The molecule has 0 aromatic carbocycles. The number of nitrogens with zero attached hydrogens (tertiary/aromatic N) is 3. The van der Waals surface area contributed by atoms with Crippen LogP contribution in [0.4, 0.5) is 0 Å². The van der Waals surface area contributed by atoms with E-state index in [0.29, 0.717) is 0 Å². The summed E-state index contributed by atoms with van der Waals surface area (Å²) in [7, 11) is 0. The van der Waals surface area contributed by atoms with Gasteiger partial charge in [0.25, 0.3) is 0 Å². The molecule has 0 aliphatic carbocycles. The maximum atomic E-state index is 4.55. The largest absolute Gasteiger partial charge is 0.330 e. The van der Waals surface area contributed by atoms with Gasteiger partial charge in [-0.2, -0.15) is 0 Å². The number of allylic oxidation sites excluding steroid dienone is 6. The van der Waals surface area contributed by atoms with E-state index < -0.39 is 0 Å². The summed E-state index contributed by atoms with van der Waals surface area (Å²) in [6.45, 7) is 9.54. The highest BCUT2D eigenvalue weighted by atomic mass is 15.0. The van der Waals surface area contributed by atoms with Gasteiger partial charge in [0.2, 0.25) is 0 Å². The van der Waals surface area contributed by atoms with Gasteiger partial charge in [-0.05, 0) is 18.6 Å². The summed E-state index contributed by atoms with van der Waals surface area (Å²) in [6.07, 6.45) is 16.7. The molecule has 0 aliphatic heterocycles. The van der Waals surface area contributed by atoms with Crippen LogP contribution in [-0.4, -0.2) is 14.5 Å². The van der Waals surface area contributed by atoms with Gasteiger partial charge in [0.15, 0.2) is 0 Å². The first-order chi connectivity index (χ1) is 10.3. The minimum Gasteiger partial charge on any atom is -0.330 e. The van der Waals surface area contributed by atoms with E-state index in [1.54, 1.807) is 18.3 Å². The number of pyridine rings is 1. The van der Waals surface area contributed by atoms with E-state index >= 15 is 0 Å². The van der Waals surface area contributed by atoms with Crippen molar-refractivity contribution in [2.75, 3.05) is 0 Å². The van der Waals surface area contributed by atoms with E-state index in [2.05, 4.69) is 40.7 Å². The lowest BCUT2D eigenvalue weighted by atomic mass is 10.1. The molecular formula is C18H19N3. The van der Waals surface area contributed by atoms with Gasteiger partial charge >= 0.3 is 0 Å². The van der Waals surface area contributed by atoms with Crippen LogP contribution in [0.25, 0.3) is 5.57 Å². The molecule has 0 aliphatic rings. The summed E-state index contributed by atoms with van der Waals surface area (Å²) < 4.78 is 2.05. The molecule has 3 nitrogen and oxygen atoms in total. The van der Waals surface area contributed by atoms with Crippen molar-refractivity contribution in [1.82, 2.24) is 14.5 Å². The zero-order valence-electron chi connectivity index (χ0n) is 12.2.